The zero-order chi connectivity index (χ0) is 11.1. The standard InChI is InChI=1S/C14H19Cl/c1-4-10-5-7-11(8-6-10)13-12(9-15)14(13,2)3/h5-8,12-13H,4,9H2,1-3H3. The van der Waals surface area contributed by atoms with Gasteiger partial charge in [0.15, 0.2) is 0 Å². The summed E-state index contributed by atoms with van der Waals surface area (Å²) in [5, 5.41) is 0. The zero-order valence-electron chi connectivity index (χ0n) is 9.76. The van der Waals surface area contributed by atoms with Crippen LogP contribution in [0.5, 0.6) is 0 Å². The summed E-state index contributed by atoms with van der Waals surface area (Å²) in [5.41, 5.74) is 3.28. The van der Waals surface area contributed by atoms with Crippen LogP contribution in [0.4, 0.5) is 0 Å². The van der Waals surface area contributed by atoms with Crippen molar-refractivity contribution in [3.63, 3.8) is 0 Å². The number of alkyl halides is 1. The normalized spacial score (nSPS) is 27.7. The molecule has 0 aromatic heterocycles. The Labute approximate surface area is 97.6 Å². The van der Waals surface area contributed by atoms with Crippen LogP contribution in [-0.2, 0) is 6.42 Å². The summed E-state index contributed by atoms with van der Waals surface area (Å²) in [4.78, 5) is 0. The molecule has 0 bridgehead atoms. The molecule has 0 N–H and O–H groups in total. The molecule has 1 aromatic rings. The number of rotatable bonds is 3. The molecule has 0 spiro atoms. The van der Waals surface area contributed by atoms with Crippen LogP contribution in [0.15, 0.2) is 24.3 Å². The molecule has 2 unspecified atom stereocenters. The van der Waals surface area contributed by atoms with Gasteiger partial charge in [0.25, 0.3) is 0 Å². The van der Waals surface area contributed by atoms with Gasteiger partial charge in [-0.25, -0.2) is 0 Å². The third kappa shape index (κ3) is 1.80. The average Bonchev–Trinajstić information content (AvgIpc) is 2.80. The molecule has 2 atom stereocenters. The highest BCUT2D eigenvalue weighted by molar-refractivity contribution is 6.18. The highest BCUT2D eigenvalue weighted by Crippen LogP contribution is 2.64. The van der Waals surface area contributed by atoms with Crippen molar-refractivity contribution in [1.29, 1.82) is 0 Å². The fourth-order valence-corrected chi connectivity index (χ4v) is 3.23. The minimum atomic E-state index is 0.398. The topological polar surface area (TPSA) is 0 Å². The van der Waals surface area contributed by atoms with E-state index in [1.54, 1.807) is 0 Å². The minimum absolute atomic E-state index is 0.398. The first-order valence-electron chi connectivity index (χ1n) is 5.76. The fourth-order valence-electron chi connectivity index (χ4n) is 2.65. The van der Waals surface area contributed by atoms with E-state index in [0.717, 1.165) is 12.3 Å². The summed E-state index contributed by atoms with van der Waals surface area (Å²) in [6.45, 7) is 6.83. The van der Waals surface area contributed by atoms with Crippen molar-refractivity contribution in [1.82, 2.24) is 0 Å². The Bertz CT molecular complexity index is 337. The molecule has 0 saturated heterocycles. The Hall–Kier alpha value is -0.490. The van der Waals surface area contributed by atoms with E-state index >= 15 is 0 Å². The van der Waals surface area contributed by atoms with Crippen molar-refractivity contribution in [2.75, 3.05) is 5.88 Å². The van der Waals surface area contributed by atoms with Gasteiger partial charge in [0.1, 0.15) is 0 Å². The lowest BCUT2D eigenvalue weighted by molar-refractivity contribution is 0.577. The van der Waals surface area contributed by atoms with Gasteiger partial charge in [-0.15, -0.1) is 11.6 Å². The minimum Gasteiger partial charge on any atom is -0.126 e. The summed E-state index contributed by atoms with van der Waals surface area (Å²) < 4.78 is 0. The molecule has 0 aliphatic heterocycles. The van der Waals surface area contributed by atoms with Gasteiger partial charge in [-0.3, -0.25) is 0 Å². The highest BCUT2D eigenvalue weighted by atomic mass is 35.5. The van der Waals surface area contributed by atoms with Crippen LogP contribution >= 0.6 is 11.6 Å². The summed E-state index contributed by atoms with van der Waals surface area (Å²) >= 11 is 5.99. The molecule has 0 radical (unpaired) electrons. The SMILES string of the molecule is CCc1ccc(C2C(CCl)C2(C)C)cc1. The zero-order valence-corrected chi connectivity index (χ0v) is 10.5. The molecule has 2 rings (SSSR count). The van der Waals surface area contributed by atoms with Crippen molar-refractivity contribution in [3.8, 4) is 0 Å². The van der Waals surface area contributed by atoms with E-state index < -0.39 is 0 Å². The molecule has 1 fully saturated rings. The van der Waals surface area contributed by atoms with Gasteiger partial charge < -0.3 is 0 Å². The number of hydrogen-bond donors (Lipinski definition) is 0. The largest absolute Gasteiger partial charge is 0.126 e. The van der Waals surface area contributed by atoms with Crippen LogP contribution in [-0.4, -0.2) is 5.88 Å². The monoisotopic (exact) mass is 222 g/mol. The summed E-state index contributed by atoms with van der Waals surface area (Å²) in [6.07, 6.45) is 1.12. The molecule has 1 aliphatic rings. The molecular formula is C14H19Cl. The van der Waals surface area contributed by atoms with Gasteiger partial charge in [0, 0.05) is 5.88 Å². The number of benzene rings is 1. The Morgan fingerprint density at radius 3 is 2.20 bits per heavy atom. The second-order valence-corrected chi connectivity index (χ2v) is 5.46. The third-order valence-corrected chi connectivity index (χ3v) is 4.30. The Morgan fingerprint density at radius 1 is 1.20 bits per heavy atom. The van der Waals surface area contributed by atoms with E-state index in [-0.39, 0.29) is 0 Å². The first-order chi connectivity index (χ1) is 7.11. The van der Waals surface area contributed by atoms with Crippen LogP contribution in [0.1, 0.15) is 37.8 Å². The van der Waals surface area contributed by atoms with E-state index in [2.05, 4.69) is 45.0 Å². The maximum Gasteiger partial charge on any atom is 0.0263 e. The second kappa shape index (κ2) is 3.83. The van der Waals surface area contributed by atoms with Gasteiger partial charge in [-0.05, 0) is 34.8 Å². The fraction of sp³-hybridized carbons (Fsp3) is 0.571. The van der Waals surface area contributed by atoms with Crippen LogP contribution in [0.25, 0.3) is 0 Å². The van der Waals surface area contributed by atoms with Gasteiger partial charge in [-0.2, -0.15) is 0 Å². The lowest BCUT2D eigenvalue weighted by Crippen LogP contribution is -1.91. The van der Waals surface area contributed by atoms with Crippen LogP contribution in [0.2, 0.25) is 0 Å². The lowest BCUT2D eigenvalue weighted by Gasteiger charge is -2.04. The van der Waals surface area contributed by atoms with Crippen LogP contribution in [0, 0.1) is 11.3 Å². The molecule has 1 aliphatic carbocycles. The molecule has 0 heterocycles. The smallest absolute Gasteiger partial charge is 0.0263 e. The van der Waals surface area contributed by atoms with Crippen molar-refractivity contribution in [2.45, 2.75) is 33.1 Å². The van der Waals surface area contributed by atoms with E-state index in [0.29, 0.717) is 17.3 Å². The van der Waals surface area contributed by atoms with Gasteiger partial charge in [0.05, 0.1) is 0 Å². The molecular weight excluding hydrogens is 204 g/mol. The number of halogens is 1. The summed E-state index contributed by atoms with van der Waals surface area (Å²) in [5.74, 6) is 2.11. The van der Waals surface area contributed by atoms with E-state index in [4.69, 9.17) is 11.6 Å². The van der Waals surface area contributed by atoms with Crippen LogP contribution < -0.4 is 0 Å². The number of hydrogen-bond acceptors (Lipinski definition) is 0. The molecule has 0 nitrogen and oxygen atoms in total. The van der Waals surface area contributed by atoms with Crippen molar-refractivity contribution in [2.24, 2.45) is 11.3 Å². The Balaban J connectivity index is 2.18. The molecule has 0 amide bonds. The highest BCUT2D eigenvalue weighted by Gasteiger charge is 2.57. The predicted molar refractivity (Wildman–Crippen MR) is 66.6 cm³/mol. The predicted octanol–water partition coefficient (Wildman–Crippen LogP) is 4.23. The average molecular weight is 223 g/mol. The Morgan fingerprint density at radius 2 is 1.80 bits per heavy atom. The van der Waals surface area contributed by atoms with Gasteiger partial charge in [0.2, 0.25) is 0 Å². The molecule has 1 aromatic carbocycles. The van der Waals surface area contributed by atoms with Crippen LogP contribution in [0.3, 0.4) is 0 Å². The van der Waals surface area contributed by atoms with Gasteiger partial charge in [-0.1, -0.05) is 45.0 Å². The Kier molecular flexibility index (Phi) is 2.81. The maximum atomic E-state index is 5.99. The molecule has 1 saturated carbocycles. The van der Waals surface area contributed by atoms with E-state index in [1.807, 2.05) is 0 Å². The first kappa shape index (κ1) is 11.0. The summed E-state index contributed by atoms with van der Waals surface area (Å²) in [6, 6.07) is 9.04. The second-order valence-electron chi connectivity index (χ2n) is 5.15. The van der Waals surface area contributed by atoms with Crippen molar-refractivity contribution in [3.05, 3.63) is 35.4 Å². The lowest BCUT2D eigenvalue weighted by atomic mass is 10.0. The maximum absolute atomic E-state index is 5.99. The molecule has 15 heavy (non-hydrogen) atoms. The summed E-state index contributed by atoms with van der Waals surface area (Å²) in [7, 11) is 0. The number of aryl methyl sites for hydroxylation is 1. The first-order valence-corrected chi connectivity index (χ1v) is 6.29. The van der Waals surface area contributed by atoms with Crippen molar-refractivity contribution >= 4 is 11.6 Å². The van der Waals surface area contributed by atoms with E-state index in [1.165, 1.54) is 11.1 Å². The van der Waals surface area contributed by atoms with E-state index in [9.17, 15) is 0 Å². The third-order valence-electron chi connectivity index (χ3n) is 3.96. The molecule has 1 heteroatoms. The quantitative estimate of drug-likeness (QED) is 0.672. The molecule has 82 valence electrons. The van der Waals surface area contributed by atoms with Crippen molar-refractivity contribution < 1.29 is 0 Å². The van der Waals surface area contributed by atoms with Gasteiger partial charge >= 0.3 is 0 Å².